The van der Waals surface area contributed by atoms with E-state index in [1.54, 1.807) is 0 Å². The van der Waals surface area contributed by atoms with Gasteiger partial charge in [-0.05, 0) is 24.4 Å². The highest BCUT2D eigenvalue weighted by Gasteiger charge is 2.19. The maximum Gasteiger partial charge on any atom is 0.322 e. The van der Waals surface area contributed by atoms with Crippen LogP contribution in [0.4, 0.5) is 10.9 Å². The highest BCUT2D eigenvalue weighted by Crippen LogP contribution is 2.34. The summed E-state index contributed by atoms with van der Waals surface area (Å²) in [6.07, 6.45) is 2.32. The Balaban J connectivity index is 1.98. The molecular formula is C11H12ClN5O2S. The fourth-order valence-electron chi connectivity index (χ4n) is 2.11. The quantitative estimate of drug-likeness (QED) is 0.832. The number of thiazole rings is 1. The summed E-state index contributed by atoms with van der Waals surface area (Å²) < 4.78 is 0.734. The SMILES string of the molecule is O=C(O)CNc1nc(Cl)nc2nc(N3CCCC3)sc12. The summed E-state index contributed by atoms with van der Waals surface area (Å²) in [5, 5.41) is 12.4. The van der Waals surface area contributed by atoms with E-state index in [1.165, 1.54) is 11.3 Å². The van der Waals surface area contributed by atoms with Gasteiger partial charge >= 0.3 is 5.97 Å². The smallest absolute Gasteiger partial charge is 0.322 e. The molecule has 7 nitrogen and oxygen atoms in total. The van der Waals surface area contributed by atoms with Crippen molar-refractivity contribution in [3.05, 3.63) is 5.28 Å². The predicted octanol–water partition coefficient (Wildman–Crippen LogP) is 1.84. The molecule has 0 atom stereocenters. The van der Waals surface area contributed by atoms with Crippen LogP contribution in [-0.4, -0.2) is 45.7 Å². The Labute approximate surface area is 123 Å². The monoisotopic (exact) mass is 313 g/mol. The number of fused-ring (bicyclic) bond motifs is 1. The second-order valence-electron chi connectivity index (χ2n) is 4.43. The van der Waals surface area contributed by atoms with Gasteiger partial charge in [0.1, 0.15) is 11.2 Å². The molecule has 2 aromatic rings. The summed E-state index contributed by atoms with van der Waals surface area (Å²) in [7, 11) is 0. The van der Waals surface area contributed by atoms with Gasteiger partial charge in [0, 0.05) is 13.1 Å². The van der Waals surface area contributed by atoms with Gasteiger partial charge in [-0.3, -0.25) is 4.79 Å². The molecule has 1 fully saturated rings. The van der Waals surface area contributed by atoms with Crippen molar-refractivity contribution in [1.29, 1.82) is 0 Å². The van der Waals surface area contributed by atoms with Crippen LogP contribution < -0.4 is 10.2 Å². The molecule has 2 aromatic heterocycles. The number of nitrogens with zero attached hydrogens (tertiary/aromatic N) is 4. The van der Waals surface area contributed by atoms with Gasteiger partial charge < -0.3 is 15.3 Å². The van der Waals surface area contributed by atoms with Crippen LogP contribution in [0.2, 0.25) is 5.28 Å². The van der Waals surface area contributed by atoms with Crippen LogP contribution in [0, 0.1) is 0 Å². The van der Waals surface area contributed by atoms with E-state index in [9.17, 15) is 4.79 Å². The van der Waals surface area contributed by atoms with Gasteiger partial charge in [0.05, 0.1) is 0 Å². The van der Waals surface area contributed by atoms with E-state index in [0.29, 0.717) is 11.5 Å². The first-order valence-electron chi connectivity index (χ1n) is 6.18. The number of rotatable bonds is 4. The molecule has 20 heavy (non-hydrogen) atoms. The largest absolute Gasteiger partial charge is 0.480 e. The lowest BCUT2D eigenvalue weighted by Gasteiger charge is -2.11. The lowest BCUT2D eigenvalue weighted by Crippen LogP contribution is -2.16. The van der Waals surface area contributed by atoms with Crippen molar-refractivity contribution in [1.82, 2.24) is 15.0 Å². The molecule has 0 aromatic carbocycles. The van der Waals surface area contributed by atoms with E-state index in [1.807, 2.05) is 0 Å². The summed E-state index contributed by atoms with van der Waals surface area (Å²) in [5.74, 6) is -0.539. The average molecular weight is 314 g/mol. The lowest BCUT2D eigenvalue weighted by atomic mass is 10.4. The molecule has 0 bridgehead atoms. The molecule has 3 heterocycles. The van der Waals surface area contributed by atoms with Gasteiger partial charge in [-0.15, -0.1) is 0 Å². The van der Waals surface area contributed by atoms with Crippen LogP contribution >= 0.6 is 22.9 Å². The molecule has 1 aliphatic rings. The Morgan fingerprint density at radius 1 is 1.35 bits per heavy atom. The van der Waals surface area contributed by atoms with Crippen LogP contribution in [0.3, 0.4) is 0 Å². The zero-order valence-corrected chi connectivity index (χ0v) is 12.0. The van der Waals surface area contributed by atoms with Gasteiger partial charge in [0.2, 0.25) is 5.28 Å². The van der Waals surface area contributed by atoms with Crippen molar-refractivity contribution in [2.75, 3.05) is 29.9 Å². The number of carboxylic acid groups (broad SMARTS) is 1. The van der Waals surface area contributed by atoms with Crippen molar-refractivity contribution in [3.8, 4) is 0 Å². The number of nitrogens with one attached hydrogen (secondary N) is 1. The number of hydrogen-bond acceptors (Lipinski definition) is 7. The molecule has 3 rings (SSSR count). The zero-order valence-electron chi connectivity index (χ0n) is 10.5. The van der Waals surface area contributed by atoms with E-state index in [2.05, 4.69) is 25.2 Å². The van der Waals surface area contributed by atoms with Crippen molar-refractivity contribution < 1.29 is 9.90 Å². The standard InChI is InChI=1S/C11H12ClN5O2S/c12-10-14-8(13-5-6(18)19)7-9(15-10)16-11(20-7)17-3-1-2-4-17/h1-5H2,(H,18,19)(H,13,14,15). The van der Waals surface area contributed by atoms with Gasteiger partial charge in [-0.25, -0.2) is 0 Å². The molecule has 106 valence electrons. The highest BCUT2D eigenvalue weighted by molar-refractivity contribution is 7.22. The van der Waals surface area contributed by atoms with E-state index < -0.39 is 5.97 Å². The number of hydrogen-bond donors (Lipinski definition) is 2. The number of halogens is 1. The Hall–Kier alpha value is -1.67. The predicted molar refractivity (Wildman–Crippen MR) is 77.8 cm³/mol. The third kappa shape index (κ3) is 2.61. The molecule has 1 aliphatic heterocycles. The highest BCUT2D eigenvalue weighted by atomic mass is 35.5. The molecular weight excluding hydrogens is 302 g/mol. The molecule has 0 saturated carbocycles. The van der Waals surface area contributed by atoms with Gasteiger partial charge in [-0.1, -0.05) is 11.3 Å². The number of carbonyl (C=O) groups is 1. The Kier molecular flexibility index (Phi) is 3.58. The summed E-state index contributed by atoms with van der Waals surface area (Å²) in [4.78, 5) is 25.4. The minimum absolute atomic E-state index is 0.0589. The van der Waals surface area contributed by atoms with Crippen LogP contribution in [0.1, 0.15) is 12.8 Å². The minimum atomic E-state index is -0.961. The summed E-state index contributed by atoms with van der Waals surface area (Å²) >= 11 is 7.31. The number of aromatic nitrogens is 3. The van der Waals surface area contributed by atoms with Crippen molar-refractivity contribution in [2.45, 2.75) is 12.8 Å². The molecule has 0 unspecified atom stereocenters. The molecule has 0 radical (unpaired) electrons. The molecule has 0 aliphatic carbocycles. The normalized spacial score (nSPS) is 14.9. The first kappa shape index (κ1) is 13.3. The lowest BCUT2D eigenvalue weighted by molar-refractivity contribution is -0.134. The fraction of sp³-hybridized carbons (Fsp3) is 0.455. The summed E-state index contributed by atoms with van der Waals surface area (Å²) in [6, 6.07) is 0. The third-order valence-electron chi connectivity index (χ3n) is 3.00. The first-order chi connectivity index (χ1) is 9.63. The fourth-order valence-corrected chi connectivity index (χ4v) is 3.30. The number of anilines is 2. The van der Waals surface area contributed by atoms with Crippen molar-refractivity contribution >= 4 is 50.2 Å². The maximum absolute atomic E-state index is 10.6. The summed E-state index contributed by atoms with van der Waals surface area (Å²) in [5.41, 5.74) is 0.504. The molecule has 2 N–H and O–H groups in total. The van der Waals surface area contributed by atoms with E-state index in [4.69, 9.17) is 16.7 Å². The Morgan fingerprint density at radius 2 is 2.10 bits per heavy atom. The van der Waals surface area contributed by atoms with Gasteiger partial charge in [0.25, 0.3) is 0 Å². The van der Waals surface area contributed by atoms with Gasteiger partial charge in [-0.2, -0.15) is 15.0 Å². The second kappa shape index (κ2) is 5.37. The van der Waals surface area contributed by atoms with E-state index in [0.717, 1.165) is 35.8 Å². The first-order valence-corrected chi connectivity index (χ1v) is 7.37. The molecule has 0 amide bonds. The topological polar surface area (TPSA) is 91.2 Å². The van der Waals surface area contributed by atoms with E-state index >= 15 is 0 Å². The molecule has 0 spiro atoms. The third-order valence-corrected chi connectivity index (χ3v) is 4.28. The molecule has 1 saturated heterocycles. The number of aliphatic carboxylic acids is 1. The second-order valence-corrected chi connectivity index (χ2v) is 5.75. The average Bonchev–Trinajstić information content (AvgIpc) is 3.03. The Bertz CT molecular complexity index is 656. The minimum Gasteiger partial charge on any atom is -0.480 e. The zero-order chi connectivity index (χ0) is 14.1. The molecule has 9 heteroatoms. The summed E-state index contributed by atoms with van der Waals surface area (Å²) in [6.45, 7) is 1.75. The van der Waals surface area contributed by atoms with Crippen LogP contribution in [0.15, 0.2) is 0 Å². The van der Waals surface area contributed by atoms with Gasteiger partial charge in [0.15, 0.2) is 16.6 Å². The van der Waals surface area contributed by atoms with Crippen molar-refractivity contribution in [2.24, 2.45) is 0 Å². The van der Waals surface area contributed by atoms with Crippen LogP contribution in [-0.2, 0) is 4.79 Å². The maximum atomic E-state index is 10.6. The Morgan fingerprint density at radius 3 is 2.80 bits per heavy atom. The van der Waals surface area contributed by atoms with E-state index in [-0.39, 0.29) is 11.8 Å². The van der Waals surface area contributed by atoms with Crippen LogP contribution in [0.5, 0.6) is 0 Å². The number of carboxylic acids is 1. The van der Waals surface area contributed by atoms with Crippen LogP contribution in [0.25, 0.3) is 10.3 Å². The van der Waals surface area contributed by atoms with Crippen molar-refractivity contribution in [3.63, 3.8) is 0 Å².